The van der Waals surface area contributed by atoms with Crippen LogP contribution in [0.15, 0.2) is 11.9 Å². The maximum absolute atomic E-state index is 9.60. The van der Waals surface area contributed by atoms with Gasteiger partial charge in [0.15, 0.2) is 0 Å². The van der Waals surface area contributed by atoms with Crippen molar-refractivity contribution in [1.82, 2.24) is 9.80 Å². The van der Waals surface area contributed by atoms with Crippen molar-refractivity contribution < 1.29 is 9.90 Å². The molecule has 4 nitrogen and oxygen atoms in total. The van der Waals surface area contributed by atoms with Crippen molar-refractivity contribution in [2.45, 2.75) is 26.7 Å². The van der Waals surface area contributed by atoms with Gasteiger partial charge in [-0.05, 0) is 19.4 Å². The lowest BCUT2D eigenvalue weighted by molar-refractivity contribution is -0.137. The third kappa shape index (κ3) is 10.7. The monoisotopic (exact) mass is 216 g/mol. The Bertz CT molecular complexity index is 189. The average molecular weight is 216 g/mol. The van der Waals surface area contributed by atoms with E-state index in [2.05, 4.69) is 15.9 Å². The Labute approximate surface area is 93.2 Å². The molecule has 0 heterocycles. The molecule has 0 spiro atoms. The summed E-state index contributed by atoms with van der Waals surface area (Å²) in [6.07, 6.45) is 3.11. The summed E-state index contributed by atoms with van der Waals surface area (Å²) in [4.78, 5) is 13.8. The molecule has 0 aromatic carbocycles. The second-order valence-corrected chi connectivity index (χ2v) is 3.58. The van der Waals surface area contributed by atoms with Crippen LogP contribution in [0.4, 0.5) is 0 Å². The number of hydrogen-bond acceptors (Lipinski definition) is 3. The van der Waals surface area contributed by atoms with Gasteiger partial charge >= 0.3 is 5.97 Å². The van der Waals surface area contributed by atoms with Crippen LogP contribution in [0.1, 0.15) is 26.7 Å². The highest BCUT2D eigenvalue weighted by atomic mass is 16.4. The van der Waals surface area contributed by atoms with Crippen LogP contribution in [0.2, 0.25) is 0 Å². The Morgan fingerprint density at radius 2 is 1.60 bits per heavy atom. The smallest absolute Gasteiger partial charge is 0.303 e. The summed E-state index contributed by atoms with van der Waals surface area (Å²) in [6, 6.07) is 0. The zero-order valence-corrected chi connectivity index (χ0v) is 10.7. The molecule has 0 bridgehead atoms. The van der Waals surface area contributed by atoms with Crippen LogP contribution in [0.5, 0.6) is 0 Å². The van der Waals surface area contributed by atoms with Crippen molar-refractivity contribution >= 4 is 5.97 Å². The molecule has 0 saturated heterocycles. The van der Waals surface area contributed by atoms with Gasteiger partial charge in [-0.25, -0.2) is 0 Å². The molecule has 0 saturated carbocycles. The van der Waals surface area contributed by atoms with Crippen molar-refractivity contribution in [1.29, 1.82) is 0 Å². The van der Waals surface area contributed by atoms with Gasteiger partial charge in [0.05, 0.1) is 5.82 Å². The fraction of sp³-hybridized carbons (Fsp3) is 0.727. The first-order chi connectivity index (χ1) is 6.86. The third-order valence-electron chi connectivity index (χ3n) is 1.64. The summed E-state index contributed by atoms with van der Waals surface area (Å²) in [5.74, 6) is 0.521. The molecule has 0 aliphatic carbocycles. The number of aliphatic carboxylic acids is 1. The number of hydrogen-bond donors (Lipinski definition) is 1. The lowest BCUT2D eigenvalue weighted by Gasteiger charge is -2.23. The van der Waals surface area contributed by atoms with Crippen molar-refractivity contribution in [3.05, 3.63) is 11.9 Å². The standard InChI is InChI=1S/C7H16N2.C4H8O2/c1-6-7(8(2)3)9(4)5;1-2-3-4(5)6/h6H,1-5H3;2-3H2,1H3,(H,5,6). The van der Waals surface area contributed by atoms with Gasteiger partial charge in [-0.2, -0.15) is 0 Å². The molecule has 90 valence electrons. The van der Waals surface area contributed by atoms with E-state index in [0.717, 1.165) is 6.42 Å². The highest BCUT2D eigenvalue weighted by Gasteiger charge is 1.97. The maximum Gasteiger partial charge on any atom is 0.303 e. The first-order valence-electron chi connectivity index (χ1n) is 5.09. The van der Waals surface area contributed by atoms with Crippen LogP contribution in [0, 0.1) is 0 Å². The summed E-state index contributed by atoms with van der Waals surface area (Å²) in [7, 11) is 8.15. The number of allylic oxidation sites excluding steroid dienone is 1. The lowest BCUT2D eigenvalue weighted by Crippen LogP contribution is -2.24. The fourth-order valence-electron chi connectivity index (χ4n) is 1.13. The quantitative estimate of drug-likeness (QED) is 0.779. The SMILES string of the molecule is CC=C(N(C)C)N(C)C.CCCC(=O)O. The molecule has 4 heteroatoms. The van der Waals surface area contributed by atoms with E-state index < -0.39 is 5.97 Å². The summed E-state index contributed by atoms with van der Waals surface area (Å²) < 4.78 is 0. The van der Waals surface area contributed by atoms with Crippen LogP contribution < -0.4 is 0 Å². The Balaban J connectivity index is 0. The maximum atomic E-state index is 9.60. The molecule has 0 amide bonds. The van der Waals surface area contributed by atoms with E-state index >= 15 is 0 Å². The van der Waals surface area contributed by atoms with Gasteiger partial charge in [0.1, 0.15) is 0 Å². The minimum absolute atomic E-state index is 0.292. The van der Waals surface area contributed by atoms with Crippen molar-refractivity contribution in [2.24, 2.45) is 0 Å². The summed E-state index contributed by atoms with van der Waals surface area (Å²) in [5, 5.41) is 7.91. The number of carboxylic acids is 1. The minimum atomic E-state index is -0.711. The molecule has 15 heavy (non-hydrogen) atoms. The molecule has 0 aliphatic heterocycles. The van der Waals surface area contributed by atoms with Gasteiger partial charge < -0.3 is 14.9 Å². The Kier molecular flexibility index (Phi) is 10.1. The van der Waals surface area contributed by atoms with E-state index in [1.807, 2.05) is 42.0 Å². The van der Waals surface area contributed by atoms with E-state index in [-0.39, 0.29) is 0 Å². The summed E-state index contributed by atoms with van der Waals surface area (Å²) in [5.41, 5.74) is 0. The molecule has 0 aliphatic rings. The molecule has 1 N–H and O–H groups in total. The minimum Gasteiger partial charge on any atom is -0.481 e. The molecule has 0 rings (SSSR count). The first kappa shape index (κ1) is 16.2. The number of rotatable bonds is 4. The molecule has 0 atom stereocenters. The average Bonchev–Trinajstić information content (AvgIpc) is 2.03. The van der Waals surface area contributed by atoms with Crippen LogP contribution in [0.25, 0.3) is 0 Å². The predicted molar refractivity (Wildman–Crippen MR) is 63.7 cm³/mol. The Morgan fingerprint density at radius 1 is 1.20 bits per heavy atom. The molecule has 0 radical (unpaired) electrons. The first-order valence-corrected chi connectivity index (χ1v) is 5.09. The fourth-order valence-corrected chi connectivity index (χ4v) is 1.13. The molecular weight excluding hydrogens is 192 g/mol. The highest BCUT2D eigenvalue weighted by Crippen LogP contribution is 1.99. The van der Waals surface area contributed by atoms with Crippen LogP contribution in [0.3, 0.4) is 0 Å². The van der Waals surface area contributed by atoms with Gasteiger partial charge in [0.25, 0.3) is 0 Å². The van der Waals surface area contributed by atoms with Crippen molar-refractivity contribution in [2.75, 3.05) is 28.2 Å². The van der Waals surface area contributed by atoms with Crippen molar-refractivity contribution in [3.63, 3.8) is 0 Å². The zero-order valence-electron chi connectivity index (χ0n) is 10.7. The van der Waals surface area contributed by atoms with E-state index in [1.165, 1.54) is 5.82 Å². The largest absolute Gasteiger partial charge is 0.481 e. The van der Waals surface area contributed by atoms with E-state index in [1.54, 1.807) is 0 Å². The molecular formula is C11H24N2O2. The third-order valence-corrected chi connectivity index (χ3v) is 1.64. The highest BCUT2D eigenvalue weighted by molar-refractivity contribution is 5.66. The van der Waals surface area contributed by atoms with Crippen LogP contribution in [-0.2, 0) is 4.79 Å². The van der Waals surface area contributed by atoms with Gasteiger partial charge in [-0.15, -0.1) is 0 Å². The van der Waals surface area contributed by atoms with Crippen LogP contribution in [-0.4, -0.2) is 49.1 Å². The van der Waals surface area contributed by atoms with E-state index in [0.29, 0.717) is 6.42 Å². The molecule has 0 aromatic rings. The number of carboxylic acid groups (broad SMARTS) is 1. The van der Waals surface area contributed by atoms with Gasteiger partial charge in [0, 0.05) is 34.6 Å². The van der Waals surface area contributed by atoms with E-state index in [9.17, 15) is 4.79 Å². The topological polar surface area (TPSA) is 43.8 Å². The normalized spacial score (nSPS) is 8.40. The van der Waals surface area contributed by atoms with E-state index in [4.69, 9.17) is 5.11 Å². The second-order valence-electron chi connectivity index (χ2n) is 3.58. The van der Waals surface area contributed by atoms with Gasteiger partial charge in [-0.3, -0.25) is 4.79 Å². The lowest BCUT2D eigenvalue weighted by atomic mass is 10.4. The summed E-state index contributed by atoms with van der Waals surface area (Å²) >= 11 is 0. The number of nitrogens with zero attached hydrogens (tertiary/aromatic N) is 2. The molecule has 0 unspecified atom stereocenters. The second kappa shape index (κ2) is 9.37. The predicted octanol–water partition coefficient (Wildman–Crippen LogP) is 1.84. The molecule has 0 fully saturated rings. The van der Waals surface area contributed by atoms with Gasteiger partial charge in [0.2, 0.25) is 0 Å². The zero-order chi connectivity index (χ0) is 12.4. The molecule has 0 aromatic heterocycles. The van der Waals surface area contributed by atoms with Crippen LogP contribution >= 0.6 is 0 Å². The van der Waals surface area contributed by atoms with Gasteiger partial charge in [-0.1, -0.05) is 6.92 Å². The van der Waals surface area contributed by atoms with Crippen molar-refractivity contribution in [3.8, 4) is 0 Å². The Hall–Kier alpha value is -1.19. The number of carbonyl (C=O) groups is 1. The Morgan fingerprint density at radius 3 is 1.60 bits per heavy atom. The summed E-state index contributed by atoms with van der Waals surface area (Å²) in [6.45, 7) is 3.88.